The molecule has 2 aliphatic heterocycles. The van der Waals surface area contributed by atoms with Gasteiger partial charge >= 0.3 is 5.97 Å². The summed E-state index contributed by atoms with van der Waals surface area (Å²) in [5.41, 5.74) is 7.37. The van der Waals surface area contributed by atoms with Crippen molar-refractivity contribution in [2.24, 2.45) is 11.8 Å². The Balaban J connectivity index is 1.47. The lowest BCUT2D eigenvalue weighted by Gasteiger charge is -2.39. The van der Waals surface area contributed by atoms with Crippen LogP contribution in [0.5, 0.6) is 0 Å². The molecule has 0 aromatic heterocycles. The van der Waals surface area contributed by atoms with Crippen molar-refractivity contribution in [1.29, 1.82) is 0 Å². The number of aliphatic carboxylic acids is 1. The minimum absolute atomic E-state index is 0.0528. The van der Waals surface area contributed by atoms with Gasteiger partial charge in [-0.3, -0.25) is 9.69 Å². The number of piperidine rings is 1. The average molecular weight is 531 g/mol. The summed E-state index contributed by atoms with van der Waals surface area (Å²) in [7, 11) is -3.68. The van der Waals surface area contributed by atoms with Crippen LogP contribution in [0, 0.1) is 11.8 Å². The topological polar surface area (TPSA) is 116 Å². The molecule has 0 spiro atoms. The van der Waals surface area contributed by atoms with E-state index in [2.05, 4.69) is 21.9 Å². The SMILES string of the molecule is Nc1ccc(S(=O)(=O)N2CCC(CC(=O)O)C(CCN(CCN3CCOCC3)c3ccccc3)C2)cc1. The van der Waals surface area contributed by atoms with Crippen LogP contribution in [0.15, 0.2) is 59.5 Å². The number of rotatable bonds is 11. The minimum atomic E-state index is -3.68. The molecule has 3 N–H and O–H groups in total. The molecule has 0 bridgehead atoms. The lowest BCUT2D eigenvalue weighted by Crippen LogP contribution is -2.46. The molecule has 2 fully saturated rings. The van der Waals surface area contributed by atoms with E-state index < -0.39 is 16.0 Å². The molecule has 37 heavy (non-hydrogen) atoms. The Labute approximate surface area is 219 Å². The second-order valence-electron chi connectivity index (χ2n) is 9.90. The van der Waals surface area contributed by atoms with Crippen LogP contribution in [0.25, 0.3) is 0 Å². The third-order valence-corrected chi connectivity index (χ3v) is 9.37. The van der Waals surface area contributed by atoms with Crippen LogP contribution in [0.2, 0.25) is 0 Å². The molecule has 10 heteroatoms. The van der Waals surface area contributed by atoms with Crippen molar-refractivity contribution < 1.29 is 23.1 Å². The number of nitrogen functional groups attached to an aromatic ring is 1. The van der Waals surface area contributed by atoms with E-state index in [0.29, 0.717) is 31.6 Å². The molecule has 2 heterocycles. The largest absolute Gasteiger partial charge is 0.481 e. The fraction of sp³-hybridized carbons (Fsp3) is 0.519. The van der Waals surface area contributed by atoms with E-state index in [-0.39, 0.29) is 23.2 Å². The van der Waals surface area contributed by atoms with Crippen LogP contribution in [-0.2, 0) is 19.6 Å². The van der Waals surface area contributed by atoms with Gasteiger partial charge in [-0.2, -0.15) is 4.31 Å². The number of ether oxygens (including phenoxy) is 1. The molecule has 2 saturated heterocycles. The normalized spacial score (nSPS) is 21.5. The molecule has 0 aliphatic carbocycles. The van der Waals surface area contributed by atoms with Crippen LogP contribution in [0.3, 0.4) is 0 Å². The van der Waals surface area contributed by atoms with Gasteiger partial charge in [-0.25, -0.2) is 8.42 Å². The van der Waals surface area contributed by atoms with Crippen LogP contribution in [0.4, 0.5) is 11.4 Å². The van der Waals surface area contributed by atoms with Crippen molar-refractivity contribution in [3.05, 3.63) is 54.6 Å². The molecular formula is C27H38N4O5S. The summed E-state index contributed by atoms with van der Waals surface area (Å²) in [4.78, 5) is 16.6. The number of carboxylic acid groups (broad SMARTS) is 1. The fourth-order valence-electron chi connectivity index (χ4n) is 5.29. The highest BCUT2D eigenvalue weighted by molar-refractivity contribution is 7.89. The zero-order valence-corrected chi connectivity index (χ0v) is 22.1. The van der Waals surface area contributed by atoms with Crippen LogP contribution in [0.1, 0.15) is 19.3 Å². The van der Waals surface area contributed by atoms with Crippen molar-refractivity contribution in [2.45, 2.75) is 24.2 Å². The Hall–Kier alpha value is -2.66. The zero-order valence-electron chi connectivity index (χ0n) is 21.2. The van der Waals surface area contributed by atoms with Crippen molar-refractivity contribution in [2.75, 3.05) is 69.7 Å². The van der Waals surface area contributed by atoms with E-state index in [9.17, 15) is 18.3 Å². The van der Waals surface area contributed by atoms with Gasteiger partial charge in [-0.05, 0) is 61.1 Å². The molecule has 0 radical (unpaired) electrons. The molecule has 0 amide bonds. The van der Waals surface area contributed by atoms with Crippen LogP contribution < -0.4 is 10.6 Å². The highest BCUT2D eigenvalue weighted by Crippen LogP contribution is 2.33. The van der Waals surface area contributed by atoms with E-state index in [0.717, 1.165) is 51.6 Å². The molecule has 0 saturated carbocycles. The summed E-state index contributed by atoms with van der Waals surface area (Å²) in [5.74, 6) is -0.952. The second-order valence-corrected chi connectivity index (χ2v) is 11.8. The monoisotopic (exact) mass is 530 g/mol. The smallest absolute Gasteiger partial charge is 0.303 e. The number of anilines is 2. The van der Waals surface area contributed by atoms with E-state index >= 15 is 0 Å². The van der Waals surface area contributed by atoms with Gasteiger partial charge in [0.05, 0.1) is 18.1 Å². The Bertz CT molecular complexity index is 1110. The first kappa shape index (κ1) is 27.4. The number of carbonyl (C=O) groups is 1. The molecule has 9 nitrogen and oxygen atoms in total. The third kappa shape index (κ3) is 7.44. The maximum absolute atomic E-state index is 13.4. The fourth-order valence-corrected chi connectivity index (χ4v) is 6.80. The quantitative estimate of drug-likeness (QED) is 0.426. The summed E-state index contributed by atoms with van der Waals surface area (Å²) in [5, 5.41) is 9.53. The number of hydrogen-bond donors (Lipinski definition) is 2. The summed E-state index contributed by atoms with van der Waals surface area (Å²) in [6.45, 7) is 6.47. The lowest BCUT2D eigenvalue weighted by atomic mass is 9.82. The van der Waals surface area contributed by atoms with Gasteiger partial charge in [0, 0.05) is 63.6 Å². The summed E-state index contributed by atoms with van der Waals surface area (Å²) >= 11 is 0. The van der Waals surface area contributed by atoms with Gasteiger partial charge in [-0.1, -0.05) is 18.2 Å². The van der Waals surface area contributed by atoms with Crippen molar-refractivity contribution >= 4 is 27.4 Å². The minimum Gasteiger partial charge on any atom is -0.481 e. The molecule has 2 aliphatic rings. The maximum Gasteiger partial charge on any atom is 0.303 e. The molecule has 2 unspecified atom stereocenters. The van der Waals surface area contributed by atoms with Gasteiger partial charge in [0.15, 0.2) is 0 Å². The zero-order chi connectivity index (χ0) is 26.3. The Morgan fingerprint density at radius 2 is 1.70 bits per heavy atom. The van der Waals surface area contributed by atoms with Crippen LogP contribution >= 0.6 is 0 Å². The van der Waals surface area contributed by atoms with Crippen molar-refractivity contribution in [3.63, 3.8) is 0 Å². The second kappa shape index (κ2) is 12.7. The van der Waals surface area contributed by atoms with Crippen LogP contribution in [-0.4, -0.2) is 87.7 Å². The molecule has 202 valence electrons. The maximum atomic E-state index is 13.4. The first-order valence-electron chi connectivity index (χ1n) is 13.0. The van der Waals surface area contributed by atoms with Gasteiger partial charge in [0.2, 0.25) is 10.0 Å². The number of benzene rings is 2. The predicted molar refractivity (Wildman–Crippen MR) is 144 cm³/mol. The number of carboxylic acids is 1. The third-order valence-electron chi connectivity index (χ3n) is 7.49. The summed E-state index contributed by atoms with van der Waals surface area (Å²) in [6.07, 6.45) is 1.30. The van der Waals surface area contributed by atoms with Crippen molar-refractivity contribution in [1.82, 2.24) is 9.21 Å². The number of hydrogen-bond acceptors (Lipinski definition) is 7. The number of nitrogens with zero attached hydrogens (tertiary/aromatic N) is 3. The average Bonchev–Trinajstić information content (AvgIpc) is 2.90. The van der Waals surface area contributed by atoms with E-state index in [1.807, 2.05) is 18.2 Å². The lowest BCUT2D eigenvalue weighted by molar-refractivity contribution is -0.138. The van der Waals surface area contributed by atoms with E-state index in [1.54, 1.807) is 12.1 Å². The first-order valence-corrected chi connectivity index (χ1v) is 14.4. The van der Waals surface area contributed by atoms with Gasteiger partial charge in [0.25, 0.3) is 0 Å². The molecule has 4 rings (SSSR count). The van der Waals surface area contributed by atoms with Gasteiger partial charge in [-0.15, -0.1) is 0 Å². The Morgan fingerprint density at radius 1 is 1.00 bits per heavy atom. The number of sulfonamides is 1. The molecule has 2 aromatic carbocycles. The molecule has 2 aromatic rings. The summed E-state index contributed by atoms with van der Waals surface area (Å²) in [6, 6.07) is 16.5. The predicted octanol–water partition coefficient (Wildman–Crippen LogP) is 2.60. The first-order chi connectivity index (χ1) is 17.8. The molecule has 2 atom stereocenters. The van der Waals surface area contributed by atoms with Crippen molar-refractivity contribution in [3.8, 4) is 0 Å². The standard InChI is InChI=1S/C27H38N4O5S/c28-24-6-8-26(9-7-24)37(34,35)31-13-11-22(20-27(32)33)23(21-31)10-12-30(25-4-2-1-3-5-25)15-14-29-16-18-36-19-17-29/h1-9,22-23H,10-21,28H2,(H,32,33). The number of para-hydroxylation sites is 1. The number of morpholine rings is 1. The highest BCUT2D eigenvalue weighted by Gasteiger charge is 2.36. The number of nitrogens with two attached hydrogens (primary N) is 1. The highest BCUT2D eigenvalue weighted by atomic mass is 32.2. The Kier molecular flexibility index (Phi) is 9.42. The molecular weight excluding hydrogens is 492 g/mol. The van der Waals surface area contributed by atoms with Gasteiger partial charge < -0.3 is 20.5 Å². The Morgan fingerprint density at radius 3 is 2.38 bits per heavy atom. The van der Waals surface area contributed by atoms with Gasteiger partial charge in [0.1, 0.15) is 0 Å². The van der Waals surface area contributed by atoms with E-state index in [4.69, 9.17) is 10.5 Å². The van der Waals surface area contributed by atoms with E-state index in [1.165, 1.54) is 16.4 Å². The summed E-state index contributed by atoms with van der Waals surface area (Å²) < 4.78 is 33.7.